The third-order valence-corrected chi connectivity index (χ3v) is 6.51. The van der Waals surface area contributed by atoms with Crippen molar-refractivity contribution in [3.05, 3.63) is 28.8 Å². The molecule has 1 unspecified atom stereocenters. The Morgan fingerprint density at radius 3 is 2.56 bits per heavy atom. The van der Waals surface area contributed by atoms with E-state index in [0.717, 1.165) is 24.0 Å². The number of hydrogen-bond acceptors (Lipinski definition) is 6. The van der Waals surface area contributed by atoms with E-state index >= 15 is 0 Å². The predicted octanol–water partition coefficient (Wildman–Crippen LogP) is 1.76. The van der Waals surface area contributed by atoms with Gasteiger partial charge in [0.15, 0.2) is 0 Å². The number of nitrogens with zero attached hydrogens (tertiary/aromatic N) is 2. The normalized spacial score (nSPS) is 23.8. The summed E-state index contributed by atoms with van der Waals surface area (Å²) in [6.45, 7) is 6.63. The minimum atomic E-state index is -0.660. The number of hydrogen-bond donors (Lipinski definition) is 1. The zero-order valence-corrected chi connectivity index (χ0v) is 18.5. The molecule has 4 amide bonds. The van der Waals surface area contributed by atoms with Crippen molar-refractivity contribution in [3.63, 3.8) is 0 Å². The van der Waals surface area contributed by atoms with Gasteiger partial charge in [-0.25, -0.2) is 4.79 Å². The van der Waals surface area contributed by atoms with Gasteiger partial charge in [0.05, 0.1) is 18.7 Å². The third-order valence-electron chi connectivity index (χ3n) is 6.51. The number of likely N-dealkylation sites (tertiary alicyclic amines) is 1. The minimum Gasteiger partial charge on any atom is -0.482 e. The molecule has 0 saturated carbocycles. The van der Waals surface area contributed by atoms with Gasteiger partial charge >= 0.3 is 6.09 Å². The smallest absolute Gasteiger partial charge is 0.410 e. The van der Waals surface area contributed by atoms with Gasteiger partial charge in [-0.15, -0.1) is 0 Å². The average molecular weight is 441 g/mol. The van der Waals surface area contributed by atoms with Gasteiger partial charge in [0.25, 0.3) is 5.91 Å². The van der Waals surface area contributed by atoms with E-state index in [1.54, 1.807) is 4.90 Å². The Labute approximate surface area is 186 Å². The van der Waals surface area contributed by atoms with Gasteiger partial charge in [0, 0.05) is 13.0 Å². The second-order valence-electron chi connectivity index (χ2n) is 10.1. The molecule has 4 heterocycles. The molecule has 0 aromatic heterocycles. The number of piperidine rings is 1. The standard InChI is InChI=1S/C23H27N3O6/c1-22(2,3)32-21(30)25-11-23(12-25)9-8-13-4-5-14-10-26(20(29)17(14)18(13)31-23)15-6-7-16(27)24-19(15)28/h4-5,15H,6-12H2,1-3H3,(H,24,27,28). The van der Waals surface area contributed by atoms with E-state index in [2.05, 4.69) is 5.32 Å². The highest BCUT2D eigenvalue weighted by Gasteiger charge is 2.52. The molecule has 0 aliphatic carbocycles. The van der Waals surface area contributed by atoms with Crippen molar-refractivity contribution in [1.82, 2.24) is 15.1 Å². The summed E-state index contributed by atoms with van der Waals surface area (Å²) in [6.07, 6.45) is 1.67. The molecule has 1 N–H and O–H groups in total. The lowest BCUT2D eigenvalue weighted by atomic mass is 9.83. The molecule has 1 aromatic rings. The Morgan fingerprint density at radius 1 is 1.16 bits per heavy atom. The Bertz CT molecular complexity index is 1040. The number of fused-ring (bicyclic) bond motifs is 3. The van der Waals surface area contributed by atoms with Gasteiger partial charge in [-0.3, -0.25) is 19.7 Å². The number of ether oxygens (including phenoxy) is 2. The van der Waals surface area contributed by atoms with Crippen molar-refractivity contribution in [2.24, 2.45) is 0 Å². The van der Waals surface area contributed by atoms with E-state index in [9.17, 15) is 19.2 Å². The molecule has 32 heavy (non-hydrogen) atoms. The van der Waals surface area contributed by atoms with Gasteiger partial charge in [0.1, 0.15) is 23.0 Å². The maximum atomic E-state index is 13.3. The summed E-state index contributed by atoms with van der Waals surface area (Å²) in [5.74, 6) is -0.414. The van der Waals surface area contributed by atoms with Crippen LogP contribution in [0, 0.1) is 0 Å². The van der Waals surface area contributed by atoms with Crippen LogP contribution in [-0.4, -0.2) is 63.9 Å². The van der Waals surface area contributed by atoms with Crippen LogP contribution >= 0.6 is 0 Å². The molecule has 2 saturated heterocycles. The molecule has 0 radical (unpaired) electrons. The first-order valence-corrected chi connectivity index (χ1v) is 11.0. The Morgan fingerprint density at radius 2 is 1.88 bits per heavy atom. The van der Waals surface area contributed by atoms with E-state index in [0.29, 0.717) is 37.4 Å². The van der Waals surface area contributed by atoms with E-state index in [4.69, 9.17) is 9.47 Å². The monoisotopic (exact) mass is 441 g/mol. The van der Waals surface area contributed by atoms with Crippen LogP contribution in [-0.2, 0) is 27.3 Å². The average Bonchev–Trinajstić information content (AvgIpc) is 3.01. The van der Waals surface area contributed by atoms with Crippen LogP contribution in [0.4, 0.5) is 4.79 Å². The second-order valence-corrected chi connectivity index (χ2v) is 10.1. The SMILES string of the molecule is CC(C)(C)OC(=O)N1CC2(CCc3ccc4c(c3O2)C(=O)N(C2CCC(=O)NC2=O)C4)C1. The Kier molecular flexibility index (Phi) is 4.51. The highest BCUT2D eigenvalue weighted by molar-refractivity contribution is 6.06. The summed E-state index contributed by atoms with van der Waals surface area (Å²) in [5, 5.41) is 2.33. The van der Waals surface area contributed by atoms with Crippen molar-refractivity contribution in [1.29, 1.82) is 0 Å². The highest BCUT2D eigenvalue weighted by atomic mass is 16.6. The molecule has 4 aliphatic rings. The second kappa shape index (κ2) is 6.95. The van der Waals surface area contributed by atoms with E-state index in [-0.39, 0.29) is 24.3 Å². The lowest BCUT2D eigenvalue weighted by molar-refractivity contribution is -0.136. The highest BCUT2D eigenvalue weighted by Crippen LogP contribution is 2.44. The number of aryl methyl sites for hydroxylation is 1. The summed E-state index contributed by atoms with van der Waals surface area (Å²) >= 11 is 0. The summed E-state index contributed by atoms with van der Waals surface area (Å²) in [6, 6.07) is 3.24. The summed E-state index contributed by atoms with van der Waals surface area (Å²) in [7, 11) is 0. The van der Waals surface area contributed by atoms with Gasteiger partial charge in [-0.2, -0.15) is 0 Å². The van der Waals surface area contributed by atoms with Gasteiger partial charge in [0.2, 0.25) is 11.8 Å². The first kappa shape index (κ1) is 20.8. The lowest BCUT2D eigenvalue weighted by Gasteiger charge is -2.51. The number of amides is 4. The van der Waals surface area contributed by atoms with Gasteiger partial charge < -0.3 is 19.3 Å². The van der Waals surface area contributed by atoms with Gasteiger partial charge in [-0.1, -0.05) is 12.1 Å². The molecule has 0 bridgehead atoms. The predicted molar refractivity (Wildman–Crippen MR) is 112 cm³/mol. The fourth-order valence-electron chi connectivity index (χ4n) is 4.93. The number of carbonyl (C=O) groups is 4. The number of nitrogens with one attached hydrogen (secondary N) is 1. The van der Waals surface area contributed by atoms with Crippen molar-refractivity contribution in [2.45, 2.75) is 70.2 Å². The van der Waals surface area contributed by atoms with Crippen LogP contribution < -0.4 is 10.1 Å². The van der Waals surface area contributed by atoms with Crippen molar-refractivity contribution < 1.29 is 28.7 Å². The van der Waals surface area contributed by atoms with Crippen LogP contribution in [0.25, 0.3) is 0 Å². The molecule has 9 nitrogen and oxygen atoms in total. The molecule has 170 valence electrons. The fourth-order valence-corrected chi connectivity index (χ4v) is 4.93. The number of benzene rings is 1. The largest absolute Gasteiger partial charge is 0.482 e. The summed E-state index contributed by atoms with van der Waals surface area (Å²) in [4.78, 5) is 52.7. The van der Waals surface area contributed by atoms with Crippen LogP contribution in [0.5, 0.6) is 5.75 Å². The molecule has 9 heteroatoms. The molecule has 1 spiro atoms. The van der Waals surface area contributed by atoms with Gasteiger partial charge in [-0.05, 0) is 51.2 Å². The number of rotatable bonds is 1. The minimum absolute atomic E-state index is 0.217. The lowest BCUT2D eigenvalue weighted by Crippen LogP contribution is -2.67. The van der Waals surface area contributed by atoms with Crippen molar-refractivity contribution >= 4 is 23.8 Å². The quantitative estimate of drug-likeness (QED) is 0.666. The molecule has 2 fully saturated rings. The number of imide groups is 1. The van der Waals surface area contributed by atoms with Crippen LogP contribution in [0.1, 0.15) is 61.5 Å². The summed E-state index contributed by atoms with van der Waals surface area (Å²) in [5.41, 5.74) is 1.19. The molecule has 1 aromatic carbocycles. The fraction of sp³-hybridized carbons (Fsp3) is 0.565. The van der Waals surface area contributed by atoms with E-state index in [1.165, 1.54) is 4.90 Å². The third kappa shape index (κ3) is 3.40. The van der Waals surface area contributed by atoms with Crippen LogP contribution in [0.15, 0.2) is 12.1 Å². The molecular formula is C23H27N3O6. The molecular weight excluding hydrogens is 414 g/mol. The zero-order chi connectivity index (χ0) is 22.8. The maximum Gasteiger partial charge on any atom is 0.410 e. The first-order valence-electron chi connectivity index (χ1n) is 11.0. The number of carbonyl (C=O) groups excluding carboxylic acids is 4. The van der Waals surface area contributed by atoms with E-state index in [1.807, 2.05) is 32.9 Å². The van der Waals surface area contributed by atoms with E-state index < -0.39 is 23.2 Å². The molecule has 4 aliphatic heterocycles. The van der Waals surface area contributed by atoms with Crippen LogP contribution in [0.3, 0.4) is 0 Å². The Hall–Kier alpha value is -3.10. The first-order chi connectivity index (χ1) is 15.1. The topological polar surface area (TPSA) is 105 Å². The zero-order valence-electron chi connectivity index (χ0n) is 18.5. The molecule has 1 atom stereocenters. The molecule has 5 rings (SSSR count). The maximum absolute atomic E-state index is 13.3. The van der Waals surface area contributed by atoms with Crippen LogP contribution in [0.2, 0.25) is 0 Å². The Balaban J connectivity index is 1.34. The van der Waals surface area contributed by atoms with Crippen molar-refractivity contribution in [2.75, 3.05) is 13.1 Å². The van der Waals surface area contributed by atoms with Crippen molar-refractivity contribution in [3.8, 4) is 5.75 Å². The summed E-state index contributed by atoms with van der Waals surface area (Å²) < 4.78 is 11.9.